The van der Waals surface area contributed by atoms with Crippen molar-refractivity contribution in [1.29, 1.82) is 0 Å². The first-order valence-corrected chi connectivity index (χ1v) is 7.75. The van der Waals surface area contributed by atoms with Gasteiger partial charge < -0.3 is 4.90 Å². The number of hydrogen-bond donors (Lipinski definition) is 0. The first-order valence-electron chi connectivity index (χ1n) is 7.75. The molecule has 1 saturated carbocycles. The smallest absolute Gasteiger partial charge is 0.254 e. The van der Waals surface area contributed by atoms with Gasteiger partial charge in [-0.1, -0.05) is 36.4 Å². The molecule has 2 nitrogen and oxygen atoms in total. The fourth-order valence-corrected chi connectivity index (χ4v) is 2.80. The van der Waals surface area contributed by atoms with Crippen LogP contribution in [0.25, 0.3) is 0 Å². The number of carbonyl (C=O) groups excluding carboxylic acids is 1. The molecule has 3 heteroatoms. The minimum atomic E-state index is -0.371. The fraction of sp³-hybridized carbons (Fsp3) is 0.316. The van der Waals surface area contributed by atoms with Crippen molar-refractivity contribution in [2.75, 3.05) is 0 Å². The Morgan fingerprint density at radius 3 is 2.55 bits per heavy atom. The van der Waals surface area contributed by atoms with E-state index in [1.165, 1.54) is 25.0 Å². The molecule has 0 radical (unpaired) electrons. The summed E-state index contributed by atoms with van der Waals surface area (Å²) in [5, 5.41) is 0. The van der Waals surface area contributed by atoms with E-state index in [1.807, 2.05) is 35.2 Å². The second-order valence-corrected chi connectivity index (χ2v) is 6.01. The monoisotopic (exact) mass is 297 g/mol. The minimum Gasteiger partial charge on any atom is -0.331 e. The van der Waals surface area contributed by atoms with E-state index in [-0.39, 0.29) is 17.8 Å². The highest BCUT2D eigenvalue weighted by molar-refractivity contribution is 5.94. The van der Waals surface area contributed by atoms with Crippen LogP contribution in [0.2, 0.25) is 0 Å². The Bertz CT molecular complexity index is 651. The summed E-state index contributed by atoms with van der Waals surface area (Å²) in [4.78, 5) is 14.7. The molecule has 1 unspecified atom stereocenters. The van der Waals surface area contributed by atoms with Crippen LogP contribution < -0.4 is 0 Å². The van der Waals surface area contributed by atoms with Gasteiger partial charge in [-0.05, 0) is 49.4 Å². The molecule has 0 aromatic heterocycles. The molecule has 0 N–H and O–H groups in total. The molecule has 0 heterocycles. The molecule has 0 saturated heterocycles. The molecule has 0 bridgehead atoms. The molecule has 114 valence electrons. The molecule has 2 aromatic carbocycles. The third kappa shape index (κ3) is 3.35. The zero-order chi connectivity index (χ0) is 15.5. The number of benzene rings is 2. The highest BCUT2D eigenvalue weighted by atomic mass is 19.1. The maximum atomic E-state index is 13.4. The summed E-state index contributed by atoms with van der Waals surface area (Å²) in [7, 11) is 0. The van der Waals surface area contributed by atoms with Crippen LogP contribution in [0.1, 0.15) is 35.7 Å². The molecule has 0 spiro atoms. The van der Waals surface area contributed by atoms with Crippen LogP contribution in [0.4, 0.5) is 4.39 Å². The lowest BCUT2D eigenvalue weighted by atomic mass is 10.1. The summed E-state index contributed by atoms with van der Waals surface area (Å²) in [5.41, 5.74) is 1.52. The largest absolute Gasteiger partial charge is 0.331 e. The molecule has 1 amide bonds. The molecule has 3 rings (SSSR count). The average molecular weight is 297 g/mol. The zero-order valence-corrected chi connectivity index (χ0v) is 12.7. The van der Waals surface area contributed by atoms with Crippen LogP contribution in [0.15, 0.2) is 54.6 Å². The normalized spacial score (nSPS) is 15.4. The lowest BCUT2D eigenvalue weighted by Crippen LogP contribution is -2.39. The van der Waals surface area contributed by atoms with Gasteiger partial charge in [-0.3, -0.25) is 4.79 Å². The van der Waals surface area contributed by atoms with Crippen molar-refractivity contribution in [1.82, 2.24) is 4.90 Å². The van der Waals surface area contributed by atoms with Crippen LogP contribution in [0.3, 0.4) is 0 Å². The SMILES string of the molecule is CC(C1CC1)N(Cc1ccccc1)C(=O)c1cccc(F)c1. The number of rotatable bonds is 5. The van der Waals surface area contributed by atoms with E-state index in [0.717, 1.165) is 5.56 Å². The number of carbonyl (C=O) groups is 1. The second kappa shape index (κ2) is 6.30. The zero-order valence-electron chi connectivity index (χ0n) is 12.7. The van der Waals surface area contributed by atoms with Gasteiger partial charge in [-0.25, -0.2) is 4.39 Å². The Balaban J connectivity index is 1.85. The summed E-state index contributed by atoms with van der Waals surface area (Å²) >= 11 is 0. The van der Waals surface area contributed by atoms with E-state index in [0.29, 0.717) is 18.0 Å². The van der Waals surface area contributed by atoms with E-state index < -0.39 is 0 Å². The van der Waals surface area contributed by atoms with Crippen molar-refractivity contribution in [3.63, 3.8) is 0 Å². The van der Waals surface area contributed by atoms with Crippen molar-refractivity contribution in [3.8, 4) is 0 Å². The Labute approximate surface area is 130 Å². The maximum Gasteiger partial charge on any atom is 0.254 e. The van der Waals surface area contributed by atoms with E-state index in [9.17, 15) is 9.18 Å². The van der Waals surface area contributed by atoms with Crippen molar-refractivity contribution in [3.05, 3.63) is 71.5 Å². The Morgan fingerprint density at radius 1 is 1.18 bits per heavy atom. The topological polar surface area (TPSA) is 20.3 Å². The Morgan fingerprint density at radius 2 is 1.91 bits per heavy atom. The molecule has 22 heavy (non-hydrogen) atoms. The maximum absolute atomic E-state index is 13.4. The van der Waals surface area contributed by atoms with Gasteiger partial charge in [0.25, 0.3) is 5.91 Å². The Hall–Kier alpha value is -2.16. The molecule has 2 aromatic rings. The summed E-state index contributed by atoms with van der Waals surface area (Å²) in [5.74, 6) is 0.105. The van der Waals surface area contributed by atoms with Gasteiger partial charge in [0, 0.05) is 18.2 Å². The highest BCUT2D eigenvalue weighted by Gasteiger charge is 2.34. The van der Waals surface area contributed by atoms with E-state index >= 15 is 0 Å². The first kappa shape index (κ1) is 14.8. The van der Waals surface area contributed by atoms with Crippen molar-refractivity contribution < 1.29 is 9.18 Å². The summed E-state index contributed by atoms with van der Waals surface area (Å²) in [6.07, 6.45) is 2.34. The molecule has 1 aliphatic rings. The van der Waals surface area contributed by atoms with E-state index in [2.05, 4.69) is 6.92 Å². The summed E-state index contributed by atoms with van der Waals surface area (Å²) in [6.45, 7) is 2.66. The van der Waals surface area contributed by atoms with Gasteiger partial charge in [-0.2, -0.15) is 0 Å². The minimum absolute atomic E-state index is 0.0947. The van der Waals surface area contributed by atoms with Crippen LogP contribution >= 0.6 is 0 Å². The van der Waals surface area contributed by atoms with Crippen LogP contribution in [0.5, 0.6) is 0 Å². The number of halogens is 1. The third-order valence-corrected chi connectivity index (χ3v) is 4.32. The average Bonchev–Trinajstić information content (AvgIpc) is 3.37. The van der Waals surface area contributed by atoms with Gasteiger partial charge in [0.05, 0.1) is 0 Å². The van der Waals surface area contributed by atoms with Gasteiger partial charge in [0.2, 0.25) is 0 Å². The molecular weight excluding hydrogens is 277 g/mol. The van der Waals surface area contributed by atoms with Crippen molar-refractivity contribution in [2.45, 2.75) is 32.4 Å². The predicted octanol–water partition coefficient (Wildman–Crippen LogP) is 4.27. The molecule has 1 atom stereocenters. The molecule has 1 fully saturated rings. The molecular formula is C19H20FNO. The molecule has 0 aliphatic heterocycles. The third-order valence-electron chi connectivity index (χ3n) is 4.32. The van der Waals surface area contributed by atoms with Gasteiger partial charge in [0.15, 0.2) is 0 Å². The highest BCUT2D eigenvalue weighted by Crippen LogP contribution is 2.36. The number of amides is 1. The van der Waals surface area contributed by atoms with Crippen LogP contribution in [0, 0.1) is 11.7 Å². The summed E-state index contributed by atoms with van der Waals surface area (Å²) in [6, 6.07) is 16.1. The summed E-state index contributed by atoms with van der Waals surface area (Å²) < 4.78 is 13.4. The van der Waals surface area contributed by atoms with E-state index in [4.69, 9.17) is 0 Å². The lowest BCUT2D eigenvalue weighted by molar-refractivity contribution is 0.0654. The lowest BCUT2D eigenvalue weighted by Gasteiger charge is -2.30. The Kier molecular flexibility index (Phi) is 4.23. The van der Waals surface area contributed by atoms with Crippen LogP contribution in [-0.4, -0.2) is 16.8 Å². The predicted molar refractivity (Wildman–Crippen MR) is 84.9 cm³/mol. The standard InChI is InChI=1S/C19H20FNO/c1-14(16-10-11-16)21(13-15-6-3-2-4-7-15)19(22)17-8-5-9-18(20)12-17/h2-9,12,14,16H,10-11,13H2,1H3. The van der Waals surface area contributed by atoms with Gasteiger partial charge in [0.1, 0.15) is 5.82 Å². The van der Waals surface area contributed by atoms with Gasteiger partial charge >= 0.3 is 0 Å². The first-order chi connectivity index (χ1) is 10.6. The van der Waals surface area contributed by atoms with E-state index in [1.54, 1.807) is 12.1 Å². The van der Waals surface area contributed by atoms with Gasteiger partial charge in [-0.15, -0.1) is 0 Å². The fourth-order valence-electron chi connectivity index (χ4n) is 2.80. The second-order valence-electron chi connectivity index (χ2n) is 6.01. The number of nitrogens with zero attached hydrogens (tertiary/aromatic N) is 1. The van der Waals surface area contributed by atoms with Crippen molar-refractivity contribution >= 4 is 5.91 Å². The van der Waals surface area contributed by atoms with Crippen molar-refractivity contribution in [2.24, 2.45) is 5.92 Å². The number of hydrogen-bond acceptors (Lipinski definition) is 1. The van der Waals surface area contributed by atoms with Crippen LogP contribution in [-0.2, 0) is 6.54 Å². The quantitative estimate of drug-likeness (QED) is 0.807. The molecule has 1 aliphatic carbocycles.